The lowest BCUT2D eigenvalue weighted by Gasteiger charge is -2.27. The number of nitriles is 1. The topological polar surface area (TPSA) is 127 Å². The van der Waals surface area contributed by atoms with Crippen LogP contribution >= 0.6 is 0 Å². The number of carbonyl (C=O) groups excluding carboxylic acids is 2. The fraction of sp³-hybridized carbons (Fsp3) is 0.261. The summed E-state index contributed by atoms with van der Waals surface area (Å²) < 4.78 is 11.0. The Morgan fingerprint density at radius 2 is 1.97 bits per heavy atom. The molecule has 1 aromatic carbocycles. The van der Waals surface area contributed by atoms with E-state index in [1.807, 2.05) is 13.0 Å². The number of imide groups is 1. The van der Waals surface area contributed by atoms with Crippen LogP contribution in [-0.2, 0) is 14.3 Å². The molecular formula is C23H21N3O6. The van der Waals surface area contributed by atoms with Gasteiger partial charge in [-0.15, -0.1) is 0 Å². The molecule has 0 saturated heterocycles. The van der Waals surface area contributed by atoms with Crippen LogP contribution in [0.5, 0.6) is 0 Å². The lowest BCUT2D eigenvalue weighted by Crippen LogP contribution is -2.43. The van der Waals surface area contributed by atoms with E-state index >= 15 is 0 Å². The van der Waals surface area contributed by atoms with Crippen LogP contribution < -0.4 is 0 Å². The third kappa shape index (κ3) is 4.50. The average Bonchev–Trinajstić information content (AvgIpc) is 3.25. The molecule has 1 aliphatic heterocycles. The molecule has 32 heavy (non-hydrogen) atoms. The van der Waals surface area contributed by atoms with Crippen molar-refractivity contribution in [2.45, 2.75) is 20.3 Å². The Hall–Kier alpha value is -4.03. The summed E-state index contributed by atoms with van der Waals surface area (Å²) >= 11 is 0. The van der Waals surface area contributed by atoms with E-state index in [4.69, 9.17) is 9.15 Å². The normalized spacial score (nSPS) is 15.4. The van der Waals surface area contributed by atoms with E-state index in [1.165, 1.54) is 19.1 Å². The molecule has 0 atom stereocenters. The van der Waals surface area contributed by atoms with Crippen molar-refractivity contribution in [2.75, 3.05) is 19.8 Å². The number of hydrogen-bond acceptors (Lipinski definition) is 7. The number of furan rings is 1. The summed E-state index contributed by atoms with van der Waals surface area (Å²) in [5.41, 5.74) is 0.490. The Kier molecular flexibility index (Phi) is 6.97. The van der Waals surface area contributed by atoms with Gasteiger partial charge in [-0.25, -0.2) is 0 Å². The number of nitro benzene ring substituents is 1. The Bertz CT molecular complexity index is 1170. The minimum atomic E-state index is -0.635. The van der Waals surface area contributed by atoms with Gasteiger partial charge < -0.3 is 9.15 Å². The van der Waals surface area contributed by atoms with Gasteiger partial charge in [-0.2, -0.15) is 5.26 Å². The van der Waals surface area contributed by atoms with E-state index in [9.17, 15) is 25.0 Å². The van der Waals surface area contributed by atoms with Crippen molar-refractivity contribution < 1.29 is 23.7 Å². The Morgan fingerprint density at radius 3 is 2.66 bits per heavy atom. The summed E-state index contributed by atoms with van der Waals surface area (Å²) in [5.74, 6) is -0.642. The molecule has 0 unspecified atom stereocenters. The summed E-state index contributed by atoms with van der Waals surface area (Å²) in [6.45, 7) is 4.40. The molecule has 3 rings (SSSR count). The minimum absolute atomic E-state index is 0.108. The highest BCUT2D eigenvalue weighted by Crippen LogP contribution is 2.33. The summed E-state index contributed by atoms with van der Waals surface area (Å²) in [4.78, 5) is 37.4. The number of carbonyl (C=O) groups is 2. The van der Waals surface area contributed by atoms with E-state index in [0.717, 1.165) is 4.90 Å². The van der Waals surface area contributed by atoms with E-state index in [1.54, 1.807) is 30.3 Å². The molecule has 0 fully saturated rings. The number of rotatable bonds is 8. The van der Waals surface area contributed by atoms with E-state index in [-0.39, 0.29) is 40.5 Å². The predicted octanol–water partition coefficient (Wildman–Crippen LogP) is 3.87. The molecule has 9 nitrogen and oxygen atoms in total. The summed E-state index contributed by atoms with van der Waals surface area (Å²) in [6.07, 6.45) is 1.88. The molecule has 0 N–H and O–H groups in total. The Morgan fingerprint density at radius 1 is 1.22 bits per heavy atom. The van der Waals surface area contributed by atoms with Gasteiger partial charge in [0.2, 0.25) is 0 Å². The van der Waals surface area contributed by atoms with Crippen molar-refractivity contribution in [1.29, 1.82) is 5.26 Å². The van der Waals surface area contributed by atoms with Gasteiger partial charge in [0.1, 0.15) is 23.2 Å². The molecule has 164 valence electrons. The van der Waals surface area contributed by atoms with Crippen LogP contribution in [0.1, 0.15) is 26.0 Å². The van der Waals surface area contributed by atoms with E-state index in [0.29, 0.717) is 25.2 Å². The molecule has 9 heteroatoms. The number of ether oxygens (including phenoxy) is 1. The van der Waals surface area contributed by atoms with Crippen LogP contribution in [0.2, 0.25) is 0 Å². The molecule has 0 aliphatic carbocycles. The number of hydrogen-bond donors (Lipinski definition) is 0. The highest BCUT2D eigenvalue weighted by molar-refractivity contribution is 6.19. The van der Waals surface area contributed by atoms with Gasteiger partial charge in [-0.3, -0.25) is 24.6 Å². The highest BCUT2D eigenvalue weighted by atomic mass is 16.6. The zero-order valence-electron chi connectivity index (χ0n) is 17.7. The fourth-order valence-corrected chi connectivity index (χ4v) is 3.36. The maximum atomic E-state index is 13.0. The first kappa shape index (κ1) is 22.7. The number of nitrogens with zero attached hydrogens (tertiary/aromatic N) is 3. The molecule has 0 bridgehead atoms. The molecule has 0 saturated carbocycles. The molecule has 2 amide bonds. The SMILES string of the molecule is CCOCCCN1C(=O)C(C#N)=C(C)/C(=C\c2ccc(-c3ccccc3[N+](=O)[O-])o2)C1=O. The van der Waals surface area contributed by atoms with Crippen molar-refractivity contribution in [2.24, 2.45) is 0 Å². The van der Waals surface area contributed by atoms with Crippen molar-refractivity contribution >= 4 is 23.6 Å². The minimum Gasteiger partial charge on any atom is -0.456 e. The van der Waals surface area contributed by atoms with Gasteiger partial charge in [-0.05, 0) is 50.1 Å². The maximum absolute atomic E-state index is 13.0. The van der Waals surface area contributed by atoms with Crippen molar-refractivity contribution in [3.05, 3.63) is 69.0 Å². The van der Waals surface area contributed by atoms with Gasteiger partial charge >= 0.3 is 0 Å². The van der Waals surface area contributed by atoms with Crippen LogP contribution in [-0.4, -0.2) is 41.4 Å². The zero-order chi connectivity index (χ0) is 23.3. The van der Waals surface area contributed by atoms with Crippen molar-refractivity contribution in [1.82, 2.24) is 4.90 Å². The van der Waals surface area contributed by atoms with Crippen molar-refractivity contribution in [3.63, 3.8) is 0 Å². The first-order valence-corrected chi connectivity index (χ1v) is 9.99. The Balaban J connectivity index is 1.96. The number of para-hydroxylation sites is 1. The van der Waals surface area contributed by atoms with Crippen molar-refractivity contribution in [3.8, 4) is 17.4 Å². The largest absolute Gasteiger partial charge is 0.456 e. The monoisotopic (exact) mass is 435 g/mol. The summed E-state index contributed by atoms with van der Waals surface area (Å²) in [7, 11) is 0. The molecule has 0 spiro atoms. The average molecular weight is 435 g/mol. The first-order valence-electron chi connectivity index (χ1n) is 9.99. The Labute approximate surface area is 184 Å². The number of benzene rings is 1. The molecule has 1 aliphatic rings. The van der Waals surface area contributed by atoms with E-state index < -0.39 is 16.7 Å². The highest BCUT2D eigenvalue weighted by Gasteiger charge is 2.35. The second-order valence-electron chi connectivity index (χ2n) is 6.96. The van der Waals surface area contributed by atoms with Crippen LogP contribution in [0.3, 0.4) is 0 Å². The second kappa shape index (κ2) is 9.85. The van der Waals surface area contributed by atoms with Crippen LogP contribution in [0.4, 0.5) is 5.69 Å². The maximum Gasteiger partial charge on any atom is 0.280 e. The van der Waals surface area contributed by atoms with Gasteiger partial charge in [0.15, 0.2) is 0 Å². The van der Waals surface area contributed by atoms with E-state index in [2.05, 4.69) is 0 Å². The molecule has 2 heterocycles. The van der Waals surface area contributed by atoms with Gasteiger partial charge in [0.05, 0.1) is 10.5 Å². The molecule has 0 radical (unpaired) electrons. The third-order valence-corrected chi connectivity index (χ3v) is 4.98. The van der Waals surface area contributed by atoms with Crippen LogP contribution in [0, 0.1) is 21.4 Å². The lowest BCUT2D eigenvalue weighted by atomic mass is 9.94. The smallest absolute Gasteiger partial charge is 0.280 e. The molecular weight excluding hydrogens is 414 g/mol. The molecule has 1 aromatic heterocycles. The fourth-order valence-electron chi connectivity index (χ4n) is 3.36. The summed E-state index contributed by atoms with van der Waals surface area (Å²) in [5, 5.41) is 20.8. The summed E-state index contributed by atoms with van der Waals surface area (Å²) in [6, 6.07) is 11.2. The lowest BCUT2D eigenvalue weighted by molar-refractivity contribution is -0.384. The second-order valence-corrected chi connectivity index (χ2v) is 6.96. The zero-order valence-corrected chi connectivity index (χ0v) is 17.7. The number of nitro groups is 1. The first-order chi connectivity index (χ1) is 15.4. The number of amides is 2. The third-order valence-electron chi connectivity index (χ3n) is 4.98. The van der Waals surface area contributed by atoms with Gasteiger partial charge in [0.25, 0.3) is 17.5 Å². The van der Waals surface area contributed by atoms with Crippen LogP contribution in [0.15, 0.2) is 57.5 Å². The standard InChI is InChI=1S/C23H21N3O6/c1-3-31-12-6-11-25-22(27)18(15(2)19(14-24)23(25)28)13-16-9-10-21(32-16)17-7-4-5-8-20(17)26(29)30/h4-5,7-10,13H,3,6,11-12H2,1-2H3/b18-13+. The van der Waals surface area contributed by atoms with Crippen LogP contribution in [0.25, 0.3) is 17.4 Å². The predicted molar refractivity (Wildman–Crippen MR) is 115 cm³/mol. The quantitative estimate of drug-likeness (QED) is 0.202. The molecule has 2 aromatic rings. The van der Waals surface area contributed by atoms with Gasteiger partial charge in [0, 0.05) is 31.4 Å². The van der Waals surface area contributed by atoms with Gasteiger partial charge in [-0.1, -0.05) is 12.1 Å².